The standard InChI is InChI=1S/C13H21ClN4O2S/c1-2-3-7-16-13(15)17-8-9-18-21(19,20)12-6-4-5-11(14)10-12/h4-6,10,18H,2-3,7-9H2,1H3,(H3,15,16,17). The smallest absolute Gasteiger partial charge is 0.240 e. The summed E-state index contributed by atoms with van der Waals surface area (Å²) in [6, 6.07) is 6.10. The van der Waals surface area contributed by atoms with Gasteiger partial charge in [0.15, 0.2) is 5.96 Å². The topological polar surface area (TPSA) is 96.6 Å². The molecule has 0 aromatic heterocycles. The molecule has 0 saturated carbocycles. The quantitative estimate of drug-likeness (QED) is 0.380. The number of rotatable bonds is 8. The molecule has 0 atom stereocenters. The van der Waals surface area contributed by atoms with Gasteiger partial charge in [-0.25, -0.2) is 13.1 Å². The van der Waals surface area contributed by atoms with Gasteiger partial charge in [0.25, 0.3) is 0 Å². The summed E-state index contributed by atoms with van der Waals surface area (Å²) in [5.41, 5.74) is 5.64. The highest BCUT2D eigenvalue weighted by atomic mass is 35.5. The maximum atomic E-state index is 12.0. The summed E-state index contributed by atoms with van der Waals surface area (Å²) in [4.78, 5) is 4.24. The number of nitrogens with two attached hydrogens (primary N) is 1. The second kappa shape index (κ2) is 8.86. The Morgan fingerprint density at radius 2 is 2.14 bits per heavy atom. The number of hydrogen-bond acceptors (Lipinski definition) is 3. The number of benzene rings is 1. The van der Waals surface area contributed by atoms with Crippen LogP contribution in [0.15, 0.2) is 34.2 Å². The molecule has 118 valence electrons. The molecule has 0 amide bonds. The van der Waals surface area contributed by atoms with Crippen molar-refractivity contribution in [3.63, 3.8) is 0 Å². The highest BCUT2D eigenvalue weighted by Gasteiger charge is 2.13. The van der Waals surface area contributed by atoms with E-state index in [1.165, 1.54) is 12.1 Å². The van der Waals surface area contributed by atoms with E-state index in [1.807, 2.05) is 0 Å². The highest BCUT2D eigenvalue weighted by molar-refractivity contribution is 7.89. The molecular formula is C13H21ClN4O2S. The van der Waals surface area contributed by atoms with Crippen LogP contribution < -0.4 is 15.8 Å². The molecule has 0 heterocycles. The summed E-state index contributed by atoms with van der Waals surface area (Å²) in [6.07, 6.45) is 2.03. The fourth-order valence-electron chi connectivity index (χ4n) is 1.51. The Bertz CT molecular complexity index is 575. The number of halogens is 1. The van der Waals surface area contributed by atoms with Crippen molar-refractivity contribution < 1.29 is 8.42 Å². The van der Waals surface area contributed by atoms with E-state index in [0.717, 1.165) is 12.8 Å². The lowest BCUT2D eigenvalue weighted by atomic mass is 10.3. The fraction of sp³-hybridized carbons (Fsp3) is 0.462. The van der Waals surface area contributed by atoms with Gasteiger partial charge in [-0.15, -0.1) is 0 Å². The molecule has 8 heteroatoms. The van der Waals surface area contributed by atoms with Crippen LogP contribution >= 0.6 is 11.6 Å². The molecule has 0 radical (unpaired) electrons. The van der Waals surface area contributed by atoms with Gasteiger partial charge in [0.1, 0.15) is 0 Å². The number of nitrogens with one attached hydrogen (secondary N) is 2. The second-order valence-corrected chi connectivity index (χ2v) is 6.61. The number of guanidine groups is 1. The predicted molar refractivity (Wildman–Crippen MR) is 86.0 cm³/mol. The Labute approximate surface area is 130 Å². The molecule has 0 aliphatic heterocycles. The lowest BCUT2D eigenvalue weighted by Gasteiger charge is -2.08. The first-order chi connectivity index (χ1) is 9.95. The molecule has 0 saturated heterocycles. The van der Waals surface area contributed by atoms with Crippen molar-refractivity contribution in [3.05, 3.63) is 29.3 Å². The Balaban J connectivity index is 2.40. The lowest BCUT2D eigenvalue weighted by molar-refractivity contribution is 0.581. The summed E-state index contributed by atoms with van der Waals surface area (Å²) < 4.78 is 26.4. The summed E-state index contributed by atoms with van der Waals surface area (Å²) in [5, 5.41) is 3.23. The lowest BCUT2D eigenvalue weighted by Crippen LogP contribution is -2.38. The Kier molecular flexibility index (Phi) is 7.49. The van der Waals surface area contributed by atoms with Gasteiger partial charge in [-0.1, -0.05) is 31.0 Å². The maximum absolute atomic E-state index is 12.0. The van der Waals surface area contributed by atoms with Crippen LogP contribution in [0.4, 0.5) is 0 Å². The predicted octanol–water partition coefficient (Wildman–Crippen LogP) is 1.32. The molecule has 0 bridgehead atoms. The first-order valence-corrected chi connectivity index (χ1v) is 8.61. The maximum Gasteiger partial charge on any atom is 0.240 e. The number of aliphatic imine (C=N–C) groups is 1. The van der Waals surface area contributed by atoms with E-state index >= 15 is 0 Å². The molecule has 0 fully saturated rings. The van der Waals surface area contributed by atoms with Gasteiger partial charge in [-0.05, 0) is 24.6 Å². The van der Waals surface area contributed by atoms with Gasteiger partial charge in [-0.2, -0.15) is 0 Å². The molecule has 21 heavy (non-hydrogen) atoms. The first-order valence-electron chi connectivity index (χ1n) is 6.74. The van der Waals surface area contributed by atoms with Crippen LogP contribution in [0, 0.1) is 0 Å². The highest BCUT2D eigenvalue weighted by Crippen LogP contribution is 2.14. The van der Waals surface area contributed by atoms with E-state index in [2.05, 4.69) is 22.0 Å². The average Bonchev–Trinajstić information content (AvgIpc) is 2.44. The van der Waals surface area contributed by atoms with Crippen molar-refractivity contribution >= 4 is 27.6 Å². The molecule has 1 aromatic rings. The minimum absolute atomic E-state index is 0.139. The molecule has 6 nitrogen and oxygen atoms in total. The third-order valence-electron chi connectivity index (χ3n) is 2.62. The van der Waals surface area contributed by atoms with Crippen molar-refractivity contribution in [1.82, 2.24) is 10.0 Å². The van der Waals surface area contributed by atoms with Crippen LogP contribution in [0.1, 0.15) is 19.8 Å². The van der Waals surface area contributed by atoms with E-state index in [0.29, 0.717) is 24.1 Å². The van der Waals surface area contributed by atoms with Crippen LogP contribution in [0.25, 0.3) is 0 Å². The molecular weight excluding hydrogens is 312 g/mol. The van der Waals surface area contributed by atoms with Crippen LogP contribution in [0.5, 0.6) is 0 Å². The van der Waals surface area contributed by atoms with Gasteiger partial charge in [-0.3, -0.25) is 4.99 Å². The number of hydrogen-bond donors (Lipinski definition) is 3. The minimum Gasteiger partial charge on any atom is -0.370 e. The van der Waals surface area contributed by atoms with Crippen molar-refractivity contribution in [3.8, 4) is 0 Å². The monoisotopic (exact) mass is 332 g/mol. The number of sulfonamides is 1. The second-order valence-electron chi connectivity index (χ2n) is 4.40. The first kappa shape index (κ1) is 17.7. The Morgan fingerprint density at radius 3 is 2.81 bits per heavy atom. The fourth-order valence-corrected chi connectivity index (χ4v) is 2.84. The van der Waals surface area contributed by atoms with E-state index < -0.39 is 10.0 Å². The van der Waals surface area contributed by atoms with Crippen LogP contribution in [-0.4, -0.2) is 34.0 Å². The number of nitrogens with zero attached hydrogens (tertiary/aromatic N) is 1. The molecule has 4 N–H and O–H groups in total. The third kappa shape index (κ3) is 6.79. The molecule has 0 aliphatic carbocycles. The Morgan fingerprint density at radius 1 is 1.38 bits per heavy atom. The zero-order valence-electron chi connectivity index (χ0n) is 12.0. The summed E-state index contributed by atoms with van der Waals surface area (Å²) in [5.74, 6) is 0.324. The summed E-state index contributed by atoms with van der Waals surface area (Å²) in [7, 11) is -3.56. The third-order valence-corrected chi connectivity index (χ3v) is 4.32. The normalized spacial score (nSPS) is 12.4. The SMILES string of the molecule is CCCCN=C(N)NCCNS(=O)(=O)c1cccc(Cl)c1. The van der Waals surface area contributed by atoms with Crippen molar-refractivity contribution in [2.75, 3.05) is 19.6 Å². The van der Waals surface area contributed by atoms with Gasteiger partial charge in [0, 0.05) is 24.7 Å². The van der Waals surface area contributed by atoms with Gasteiger partial charge in [0.05, 0.1) is 4.90 Å². The van der Waals surface area contributed by atoms with Crippen molar-refractivity contribution in [1.29, 1.82) is 0 Å². The van der Waals surface area contributed by atoms with Crippen LogP contribution in [-0.2, 0) is 10.0 Å². The summed E-state index contributed by atoms with van der Waals surface area (Å²) >= 11 is 5.78. The molecule has 0 spiro atoms. The molecule has 0 aliphatic rings. The number of unbranched alkanes of at least 4 members (excludes halogenated alkanes) is 1. The van der Waals surface area contributed by atoms with Gasteiger partial charge < -0.3 is 11.1 Å². The Hall–Kier alpha value is -1.31. The van der Waals surface area contributed by atoms with Crippen molar-refractivity contribution in [2.24, 2.45) is 10.7 Å². The molecule has 0 unspecified atom stereocenters. The summed E-state index contributed by atoms with van der Waals surface area (Å²) in [6.45, 7) is 3.31. The van der Waals surface area contributed by atoms with E-state index in [1.54, 1.807) is 12.1 Å². The van der Waals surface area contributed by atoms with Gasteiger partial charge >= 0.3 is 0 Å². The molecule has 1 rings (SSSR count). The van der Waals surface area contributed by atoms with Crippen LogP contribution in [0.2, 0.25) is 5.02 Å². The van der Waals surface area contributed by atoms with Crippen molar-refractivity contribution in [2.45, 2.75) is 24.7 Å². The van der Waals surface area contributed by atoms with E-state index in [9.17, 15) is 8.42 Å². The van der Waals surface area contributed by atoms with E-state index in [-0.39, 0.29) is 11.4 Å². The van der Waals surface area contributed by atoms with Crippen LogP contribution in [0.3, 0.4) is 0 Å². The largest absolute Gasteiger partial charge is 0.370 e. The van der Waals surface area contributed by atoms with Gasteiger partial charge in [0.2, 0.25) is 10.0 Å². The average molecular weight is 333 g/mol. The molecule has 1 aromatic carbocycles. The zero-order chi connectivity index (χ0) is 15.7. The minimum atomic E-state index is -3.56. The zero-order valence-corrected chi connectivity index (χ0v) is 13.5. The van der Waals surface area contributed by atoms with E-state index in [4.69, 9.17) is 17.3 Å².